The Labute approximate surface area is 261 Å². The molecule has 11 N–H and O–H groups in total. The molecule has 3 rings (SSSR count). The fourth-order valence-corrected chi connectivity index (χ4v) is 4.92. The molecule has 0 aliphatic carbocycles. The van der Waals surface area contributed by atoms with Gasteiger partial charge in [0.2, 0.25) is 23.6 Å². The Bertz CT molecular complexity index is 1550. The van der Waals surface area contributed by atoms with Gasteiger partial charge in [0.15, 0.2) is 5.96 Å². The van der Waals surface area contributed by atoms with Crippen molar-refractivity contribution in [2.24, 2.45) is 23.1 Å². The number of guanidine groups is 1. The molecule has 0 aliphatic heterocycles. The smallest absolute Gasteiger partial charge is 0.243 e. The number of rotatable bonds is 15. The van der Waals surface area contributed by atoms with Gasteiger partial charge in [-0.1, -0.05) is 66.7 Å². The van der Waals surface area contributed by atoms with Gasteiger partial charge in [-0.25, -0.2) is 0 Å². The fourth-order valence-electron chi connectivity index (χ4n) is 4.92. The molecule has 3 aromatic rings. The first-order valence-corrected chi connectivity index (χ1v) is 14.5. The predicted octanol–water partition coefficient (Wildman–Crippen LogP) is 0.332. The van der Waals surface area contributed by atoms with Crippen molar-refractivity contribution in [2.45, 2.75) is 37.8 Å². The summed E-state index contributed by atoms with van der Waals surface area (Å²) >= 11 is 0. The lowest BCUT2D eigenvalue weighted by molar-refractivity contribution is -0.142. The number of amides is 4. The highest BCUT2D eigenvalue weighted by Crippen LogP contribution is 2.21. The van der Waals surface area contributed by atoms with E-state index >= 15 is 0 Å². The Morgan fingerprint density at radius 2 is 1.44 bits per heavy atom. The van der Waals surface area contributed by atoms with Crippen LogP contribution in [0.15, 0.2) is 66.7 Å². The van der Waals surface area contributed by atoms with Crippen LogP contribution in [0.25, 0.3) is 10.8 Å². The number of primary amides is 1. The highest BCUT2D eigenvalue weighted by atomic mass is 16.2. The number of nitrogens with zero attached hydrogens (tertiary/aromatic N) is 1. The molecule has 45 heavy (non-hydrogen) atoms. The molecule has 0 spiro atoms. The second-order valence-electron chi connectivity index (χ2n) is 10.9. The topological polar surface area (TPSA) is 233 Å². The van der Waals surface area contributed by atoms with E-state index in [0.29, 0.717) is 24.1 Å². The molecule has 3 aromatic carbocycles. The minimum atomic E-state index is -1.17. The van der Waals surface area contributed by atoms with E-state index in [1.165, 1.54) is 4.90 Å². The molecule has 0 fully saturated rings. The van der Waals surface area contributed by atoms with E-state index in [-0.39, 0.29) is 31.1 Å². The number of nitrogens with one attached hydrogen (secondary N) is 5. The summed E-state index contributed by atoms with van der Waals surface area (Å²) in [5, 5.41) is 24.8. The van der Waals surface area contributed by atoms with Crippen molar-refractivity contribution >= 4 is 46.2 Å². The molecular weight excluding hydrogens is 574 g/mol. The van der Waals surface area contributed by atoms with Crippen LogP contribution in [0.2, 0.25) is 0 Å². The first kappa shape index (κ1) is 34.0. The number of nitrogens with two attached hydrogens (primary N) is 3. The van der Waals surface area contributed by atoms with Gasteiger partial charge in [0.25, 0.3) is 0 Å². The first-order valence-electron chi connectivity index (χ1n) is 14.5. The molecule has 0 saturated heterocycles. The highest BCUT2D eigenvalue weighted by Gasteiger charge is 2.33. The maximum Gasteiger partial charge on any atom is 0.243 e. The van der Waals surface area contributed by atoms with Crippen LogP contribution in [0.5, 0.6) is 0 Å². The van der Waals surface area contributed by atoms with Gasteiger partial charge in [0.1, 0.15) is 23.8 Å². The molecule has 4 amide bonds. The average Bonchev–Trinajstić information content (AvgIpc) is 3.00. The number of carbonyl (C=O) groups is 4. The molecule has 0 heterocycles. The zero-order valence-corrected chi connectivity index (χ0v) is 25.4. The summed E-state index contributed by atoms with van der Waals surface area (Å²) in [6.07, 6.45) is 0.674. The van der Waals surface area contributed by atoms with E-state index in [9.17, 15) is 19.2 Å². The van der Waals surface area contributed by atoms with Gasteiger partial charge in [-0.15, -0.1) is 0 Å². The molecule has 3 atom stereocenters. The summed E-state index contributed by atoms with van der Waals surface area (Å²) in [6.45, 7) is 0.298. The Balaban J connectivity index is 1.91. The van der Waals surface area contributed by atoms with Crippen molar-refractivity contribution in [3.05, 3.63) is 83.4 Å². The lowest BCUT2D eigenvalue weighted by atomic mass is 9.94. The summed E-state index contributed by atoms with van der Waals surface area (Å²) in [5.74, 6) is -4.00. The van der Waals surface area contributed by atoms with E-state index in [2.05, 4.69) is 16.0 Å². The number of nitrogen functional groups attached to an aromatic ring is 1. The molecule has 0 bridgehead atoms. The number of hydrogen-bond acceptors (Lipinski definition) is 6. The molecule has 0 radical (unpaired) electrons. The molecule has 13 heteroatoms. The van der Waals surface area contributed by atoms with Crippen LogP contribution in [0.3, 0.4) is 0 Å². The average molecular weight is 616 g/mol. The normalized spacial score (nSPS) is 12.8. The summed E-state index contributed by atoms with van der Waals surface area (Å²) in [6, 6.07) is 17.7. The van der Waals surface area contributed by atoms with Crippen molar-refractivity contribution in [1.29, 1.82) is 10.8 Å². The molecule has 2 unspecified atom stereocenters. The van der Waals surface area contributed by atoms with Gasteiger partial charge >= 0.3 is 0 Å². The minimum absolute atomic E-state index is 0.0384. The van der Waals surface area contributed by atoms with Crippen molar-refractivity contribution in [3.8, 4) is 0 Å². The van der Waals surface area contributed by atoms with Crippen LogP contribution in [-0.4, -0.2) is 73.0 Å². The van der Waals surface area contributed by atoms with Crippen molar-refractivity contribution in [1.82, 2.24) is 20.9 Å². The lowest BCUT2D eigenvalue weighted by Gasteiger charge is -2.26. The Morgan fingerprint density at radius 1 is 0.800 bits per heavy atom. The zero-order valence-electron chi connectivity index (χ0n) is 25.4. The van der Waals surface area contributed by atoms with E-state index < -0.39 is 41.6 Å². The fraction of sp³-hybridized carbons (Fsp3) is 0.312. The largest absolute Gasteiger partial charge is 0.384 e. The van der Waals surface area contributed by atoms with E-state index in [1.807, 2.05) is 42.5 Å². The molecule has 0 aromatic heterocycles. The van der Waals surface area contributed by atoms with Gasteiger partial charge in [0.05, 0.1) is 0 Å². The number of carbonyl (C=O) groups excluding carboxylic acids is 4. The minimum Gasteiger partial charge on any atom is -0.384 e. The third-order valence-corrected chi connectivity index (χ3v) is 7.34. The maximum atomic E-state index is 13.8. The zero-order chi connectivity index (χ0) is 33.1. The van der Waals surface area contributed by atoms with E-state index in [0.717, 1.165) is 16.3 Å². The monoisotopic (exact) mass is 615 g/mol. The van der Waals surface area contributed by atoms with Crippen molar-refractivity contribution < 1.29 is 19.2 Å². The SMILES string of the molecule is CN(C)C(=O)C(Cc1ccc(C(=N)N)cc1)C(=O)NC(Cc1cccc2ccccc12)C(=O)N[C@@H](CCCNC(=N)N)C(N)=O. The molecule has 13 nitrogen and oxygen atoms in total. The first-order chi connectivity index (χ1) is 21.4. The third kappa shape index (κ3) is 9.78. The molecule has 0 aliphatic rings. The van der Waals surface area contributed by atoms with Crippen LogP contribution < -0.4 is 33.2 Å². The standard InChI is InChI=1S/C32H41N9O4/c1-41(2)31(45)24(17-19-12-14-21(15-13-19)27(33)34)29(43)40-26(18-22-9-5-8-20-7-3-4-10-23(20)22)30(44)39-25(28(35)42)11-6-16-38-32(36)37/h3-5,7-10,12-15,24-26H,6,11,16-18H2,1-2H3,(H3,33,34)(H2,35,42)(H,39,44)(H,40,43)(H4,36,37,38)/t24?,25-,26?/m0/s1. The predicted molar refractivity (Wildman–Crippen MR) is 173 cm³/mol. The van der Waals surface area contributed by atoms with Gasteiger partial charge < -0.3 is 38.1 Å². The van der Waals surface area contributed by atoms with Crippen LogP contribution in [0.1, 0.15) is 29.5 Å². The molecule has 0 saturated carbocycles. The number of benzene rings is 3. The van der Waals surface area contributed by atoms with E-state index in [1.54, 1.807) is 38.4 Å². The van der Waals surface area contributed by atoms with Gasteiger partial charge in [-0.2, -0.15) is 0 Å². The summed E-state index contributed by atoms with van der Waals surface area (Å²) in [4.78, 5) is 54.3. The summed E-state index contributed by atoms with van der Waals surface area (Å²) in [5.41, 5.74) is 18.4. The van der Waals surface area contributed by atoms with E-state index in [4.69, 9.17) is 28.0 Å². The Morgan fingerprint density at radius 3 is 2.07 bits per heavy atom. The quantitative estimate of drug-likeness (QED) is 0.0516. The highest BCUT2D eigenvalue weighted by molar-refractivity contribution is 6.02. The Kier molecular flexibility index (Phi) is 12.0. The van der Waals surface area contributed by atoms with Gasteiger partial charge in [-0.3, -0.25) is 30.0 Å². The second-order valence-corrected chi connectivity index (χ2v) is 10.9. The van der Waals surface area contributed by atoms with Crippen molar-refractivity contribution in [3.63, 3.8) is 0 Å². The molecular formula is C32H41N9O4. The lowest BCUT2D eigenvalue weighted by Crippen LogP contribution is -2.55. The van der Waals surface area contributed by atoms with Crippen LogP contribution in [-0.2, 0) is 32.0 Å². The number of hydrogen-bond donors (Lipinski definition) is 8. The maximum absolute atomic E-state index is 13.8. The van der Waals surface area contributed by atoms with Crippen molar-refractivity contribution in [2.75, 3.05) is 20.6 Å². The Hall–Kier alpha value is -5.46. The second kappa shape index (κ2) is 15.8. The summed E-state index contributed by atoms with van der Waals surface area (Å²) < 4.78 is 0. The molecule has 238 valence electrons. The van der Waals surface area contributed by atoms with Crippen LogP contribution in [0, 0.1) is 16.7 Å². The number of amidine groups is 1. The van der Waals surface area contributed by atoms with Gasteiger partial charge in [0, 0.05) is 32.6 Å². The van der Waals surface area contributed by atoms with Crippen LogP contribution >= 0.6 is 0 Å². The van der Waals surface area contributed by atoms with Gasteiger partial charge in [-0.05, 0) is 41.2 Å². The summed E-state index contributed by atoms with van der Waals surface area (Å²) in [7, 11) is 3.08. The van der Waals surface area contributed by atoms with Crippen LogP contribution in [0.4, 0.5) is 0 Å². The number of fused-ring (bicyclic) bond motifs is 1. The third-order valence-electron chi connectivity index (χ3n) is 7.34.